The van der Waals surface area contributed by atoms with E-state index in [4.69, 9.17) is 16.3 Å². The molecule has 0 aliphatic carbocycles. The maximum Gasteiger partial charge on any atom is 0.175 e. The Bertz CT molecular complexity index is 663. The zero-order valence-electron chi connectivity index (χ0n) is 10.3. The molecule has 2 aromatic carbocycles. The van der Waals surface area contributed by atoms with Crippen molar-refractivity contribution < 1.29 is 13.2 Å². The van der Waals surface area contributed by atoms with Crippen LogP contribution < -0.4 is 4.74 Å². The fraction of sp³-hybridized carbons (Fsp3) is 0.143. The van der Waals surface area contributed by atoms with Crippen LogP contribution in [0.4, 0.5) is 0 Å². The summed E-state index contributed by atoms with van der Waals surface area (Å²) in [5.74, 6) is 1.60. The Balaban J connectivity index is 2.25. The van der Waals surface area contributed by atoms with Gasteiger partial charge in [-0.25, -0.2) is 8.42 Å². The van der Waals surface area contributed by atoms with E-state index in [0.717, 1.165) is 5.56 Å². The lowest BCUT2D eigenvalue weighted by molar-refractivity contribution is 0.478. The summed E-state index contributed by atoms with van der Waals surface area (Å²) in [7, 11) is -3.18. The first-order valence-electron chi connectivity index (χ1n) is 5.62. The molecule has 100 valence electrons. The maximum absolute atomic E-state index is 11.3. The molecule has 0 amide bonds. The van der Waals surface area contributed by atoms with Crippen molar-refractivity contribution >= 4 is 21.4 Å². The summed E-state index contributed by atoms with van der Waals surface area (Å²) >= 11 is 5.82. The van der Waals surface area contributed by atoms with E-state index in [0.29, 0.717) is 17.4 Å². The number of hydrogen-bond acceptors (Lipinski definition) is 3. The first-order chi connectivity index (χ1) is 9.00. The summed E-state index contributed by atoms with van der Waals surface area (Å²) in [5, 5.41) is 0. The quantitative estimate of drug-likeness (QED) is 0.809. The van der Waals surface area contributed by atoms with Gasteiger partial charge in [-0.1, -0.05) is 18.2 Å². The Morgan fingerprint density at radius 3 is 2.26 bits per heavy atom. The van der Waals surface area contributed by atoms with Gasteiger partial charge < -0.3 is 4.74 Å². The van der Waals surface area contributed by atoms with Gasteiger partial charge in [0.05, 0.1) is 10.8 Å². The predicted octanol–water partition coefficient (Wildman–Crippen LogP) is 3.62. The topological polar surface area (TPSA) is 43.4 Å². The van der Waals surface area contributed by atoms with E-state index < -0.39 is 9.84 Å². The van der Waals surface area contributed by atoms with Gasteiger partial charge in [0.25, 0.3) is 0 Å². The summed E-state index contributed by atoms with van der Waals surface area (Å²) < 4.78 is 28.4. The molecule has 0 N–H and O–H groups in total. The molecule has 0 aromatic heterocycles. The van der Waals surface area contributed by atoms with E-state index in [9.17, 15) is 8.42 Å². The average Bonchev–Trinajstić information content (AvgIpc) is 2.39. The van der Waals surface area contributed by atoms with E-state index in [1.807, 2.05) is 24.3 Å². The zero-order valence-corrected chi connectivity index (χ0v) is 11.9. The van der Waals surface area contributed by atoms with Crippen LogP contribution in [-0.4, -0.2) is 14.7 Å². The predicted molar refractivity (Wildman–Crippen MR) is 75.6 cm³/mol. The van der Waals surface area contributed by atoms with Gasteiger partial charge in [-0.05, 0) is 30.3 Å². The van der Waals surface area contributed by atoms with Crippen LogP contribution in [0.5, 0.6) is 11.5 Å². The molecule has 0 unspecified atom stereocenters. The third-order valence-corrected chi connectivity index (χ3v) is 4.01. The molecule has 0 aliphatic rings. The Kier molecular flexibility index (Phi) is 4.12. The fourth-order valence-corrected chi connectivity index (χ4v) is 2.45. The Morgan fingerprint density at radius 1 is 1.05 bits per heavy atom. The Hall–Kier alpha value is -1.52. The highest BCUT2D eigenvalue weighted by molar-refractivity contribution is 7.90. The summed E-state index contributed by atoms with van der Waals surface area (Å²) in [4.78, 5) is 0.269. The van der Waals surface area contributed by atoms with E-state index in [2.05, 4.69) is 0 Å². The van der Waals surface area contributed by atoms with E-state index in [1.165, 1.54) is 18.4 Å². The molecule has 0 saturated heterocycles. The third-order valence-electron chi connectivity index (χ3n) is 2.60. The molecular weight excluding hydrogens is 284 g/mol. The SMILES string of the molecule is CS(=O)(=O)c1ccc(Oc2ccccc2CCl)cc1. The van der Waals surface area contributed by atoms with Crippen LogP contribution in [0.3, 0.4) is 0 Å². The highest BCUT2D eigenvalue weighted by atomic mass is 35.5. The Morgan fingerprint density at radius 2 is 1.68 bits per heavy atom. The van der Waals surface area contributed by atoms with Gasteiger partial charge in [0.1, 0.15) is 11.5 Å². The van der Waals surface area contributed by atoms with Gasteiger partial charge in [0.2, 0.25) is 0 Å². The van der Waals surface area contributed by atoms with Gasteiger partial charge in [0, 0.05) is 11.8 Å². The zero-order chi connectivity index (χ0) is 13.9. The minimum Gasteiger partial charge on any atom is -0.457 e. The third kappa shape index (κ3) is 3.49. The standard InChI is InChI=1S/C14H13ClO3S/c1-19(16,17)13-8-6-12(7-9-13)18-14-5-3-2-4-11(14)10-15/h2-9H,10H2,1H3. The monoisotopic (exact) mass is 296 g/mol. The summed E-state index contributed by atoms with van der Waals surface area (Å²) in [6.07, 6.45) is 1.17. The van der Waals surface area contributed by atoms with Crippen molar-refractivity contribution in [3.05, 3.63) is 54.1 Å². The molecule has 2 rings (SSSR count). The highest BCUT2D eigenvalue weighted by Crippen LogP contribution is 2.27. The van der Waals surface area contributed by atoms with Gasteiger partial charge in [-0.3, -0.25) is 0 Å². The van der Waals surface area contributed by atoms with Crippen molar-refractivity contribution in [2.45, 2.75) is 10.8 Å². The number of benzene rings is 2. The largest absolute Gasteiger partial charge is 0.457 e. The minimum absolute atomic E-state index is 0.269. The fourth-order valence-electron chi connectivity index (χ4n) is 1.60. The smallest absolute Gasteiger partial charge is 0.175 e. The lowest BCUT2D eigenvalue weighted by Crippen LogP contribution is -1.96. The molecule has 0 spiro atoms. The maximum atomic E-state index is 11.3. The van der Waals surface area contributed by atoms with Crippen molar-refractivity contribution in [3.63, 3.8) is 0 Å². The van der Waals surface area contributed by atoms with Gasteiger partial charge in [-0.15, -0.1) is 11.6 Å². The first-order valence-corrected chi connectivity index (χ1v) is 8.05. The molecule has 0 radical (unpaired) electrons. The molecule has 19 heavy (non-hydrogen) atoms. The number of alkyl halides is 1. The molecule has 0 heterocycles. The van der Waals surface area contributed by atoms with Crippen molar-refractivity contribution in [1.29, 1.82) is 0 Å². The molecular formula is C14H13ClO3S. The lowest BCUT2D eigenvalue weighted by Gasteiger charge is -2.09. The molecule has 0 atom stereocenters. The molecule has 0 aliphatic heterocycles. The van der Waals surface area contributed by atoms with E-state index in [-0.39, 0.29) is 4.90 Å². The van der Waals surface area contributed by atoms with Crippen LogP contribution in [0.25, 0.3) is 0 Å². The molecule has 0 fully saturated rings. The number of rotatable bonds is 4. The molecule has 0 saturated carbocycles. The van der Waals surface area contributed by atoms with Gasteiger partial charge in [0.15, 0.2) is 9.84 Å². The van der Waals surface area contributed by atoms with Crippen LogP contribution in [0, 0.1) is 0 Å². The molecule has 0 bridgehead atoms. The lowest BCUT2D eigenvalue weighted by atomic mass is 10.2. The van der Waals surface area contributed by atoms with Crippen molar-refractivity contribution in [2.75, 3.05) is 6.26 Å². The van der Waals surface area contributed by atoms with Crippen molar-refractivity contribution in [1.82, 2.24) is 0 Å². The summed E-state index contributed by atoms with van der Waals surface area (Å²) in [6, 6.07) is 13.7. The van der Waals surface area contributed by atoms with Crippen molar-refractivity contribution in [3.8, 4) is 11.5 Å². The second-order valence-electron chi connectivity index (χ2n) is 4.09. The normalized spacial score (nSPS) is 11.3. The number of sulfone groups is 1. The minimum atomic E-state index is -3.18. The first kappa shape index (κ1) is 13.9. The molecule has 2 aromatic rings. The van der Waals surface area contributed by atoms with Crippen LogP contribution in [0.15, 0.2) is 53.4 Å². The Labute approximate surface area is 117 Å². The van der Waals surface area contributed by atoms with Crippen LogP contribution in [-0.2, 0) is 15.7 Å². The van der Waals surface area contributed by atoms with E-state index >= 15 is 0 Å². The van der Waals surface area contributed by atoms with Crippen LogP contribution >= 0.6 is 11.6 Å². The highest BCUT2D eigenvalue weighted by Gasteiger charge is 2.08. The van der Waals surface area contributed by atoms with E-state index in [1.54, 1.807) is 12.1 Å². The van der Waals surface area contributed by atoms with Gasteiger partial charge >= 0.3 is 0 Å². The average molecular weight is 297 g/mol. The summed E-state index contributed by atoms with van der Waals surface area (Å²) in [5.41, 5.74) is 0.886. The summed E-state index contributed by atoms with van der Waals surface area (Å²) in [6.45, 7) is 0. The van der Waals surface area contributed by atoms with Crippen LogP contribution in [0.1, 0.15) is 5.56 Å². The number of ether oxygens (including phenoxy) is 1. The second-order valence-corrected chi connectivity index (χ2v) is 6.37. The molecule has 5 heteroatoms. The number of hydrogen-bond donors (Lipinski definition) is 0. The van der Waals surface area contributed by atoms with Gasteiger partial charge in [-0.2, -0.15) is 0 Å². The number of para-hydroxylation sites is 1. The van der Waals surface area contributed by atoms with Crippen LogP contribution in [0.2, 0.25) is 0 Å². The number of halogens is 1. The van der Waals surface area contributed by atoms with Crippen molar-refractivity contribution in [2.24, 2.45) is 0 Å². The molecule has 3 nitrogen and oxygen atoms in total. The second kappa shape index (κ2) is 5.63.